The third-order valence-corrected chi connectivity index (χ3v) is 3.60. The van der Waals surface area contributed by atoms with E-state index >= 15 is 0 Å². The summed E-state index contributed by atoms with van der Waals surface area (Å²) in [5.41, 5.74) is -0.576. The van der Waals surface area contributed by atoms with E-state index in [2.05, 4.69) is 5.32 Å². The highest BCUT2D eigenvalue weighted by molar-refractivity contribution is 5.94. The minimum atomic E-state index is -4.47. The van der Waals surface area contributed by atoms with Crippen LogP contribution in [0.1, 0.15) is 18.9 Å². The highest BCUT2D eigenvalue weighted by Crippen LogP contribution is 2.30. The second-order valence-electron chi connectivity index (χ2n) is 5.49. The molecule has 0 bridgehead atoms. The lowest BCUT2D eigenvalue weighted by molar-refractivity contribution is -0.137. The summed E-state index contributed by atoms with van der Waals surface area (Å²) in [5, 5.41) is 2.38. The summed E-state index contributed by atoms with van der Waals surface area (Å²) in [6.07, 6.45) is -4.62. The molecule has 2 rings (SSSR count). The van der Waals surface area contributed by atoms with Gasteiger partial charge in [0.05, 0.1) is 11.3 Å². The number of hydrogen-bond donors (Lipinski definition) is 1. The van der Waals surface area contributed by atoms with E-state index in [-0.39, 0.29) is 24.3 Å². The molecule has 0 heterocycles. The Morgan fingerprint density at radius 1 is 1.04 bits per heavy atom. The first-order valence-electron chi connectivity index (χ1n) is 7.68. The average Bonchev–Trinajstić information content (AvgIpc) is 2.56. The maximum absolute atomic E-state index is 13.5. The van der Waals surface area contributed by atoms with Crippen LogP contribution in [0.4, 0.5) is 28.9 Å². The third-order valence-electron chi connectivity index (χ3n) is 3.60. The van der Waals surface area contributed by atoms with Gasteiger partial charge in [-0.2, -0.15) is 13.2 Å². The quantitative estimate of drug-likeness (QED) is 0.803. The van der Waals surface area contributed by atoms with Crippen LogP contribution in [-0.2, 0) is 15.8 Å². The van der Waals surface area contributed by atoms with Crippen molar-refractivity contribution in [2.45, 2.75) is 19.5 Å². The largest absolute Gasteiger partial charge is 0.416 e. The van der Waals surface area contributed by atoms with Gasteiger partial charge >= 0.3 is 6.18 Å². The van der Waals surface area contributed by atoms with Crippen molar-refractivity contribution < 1.29 is 27.2 Å². The van der Waals surface area contributed by atoms with Crippen LogP contribution >= 0.6 is 0 Å². The molecule has 2 aromatic rings. The minimum absolute atomic E-state index is 0.0152. The number of nitrogens with zero attached hydrogens (tertiary/aromatic N) is 1. The van der Waals surface area contributed by atoms with Crippen LogP contribution in [0.25, 0.3) is 0 Å². The molecular formula is C18H16F4N2O2. The summed E-state index contributed by atoms with van der Waals surface area (Å²) in [4.78, 5) is 24.9. The number of halogens is 4. The number of anilines is 2. The highest BCUT2D eigenvalue weighted by atomic mass is 19.4. The van der Waals surface area contributed by atoms with Crippen LogP contribution in [0.15, 0.2) is 48.5 Å². The highest BCUT2D eigenvalue weighted by Gasteiger charge is 2.30. The summed E-state index contributed by atoms with van der Waals surface area (Å²) in [5.74, 6) is -1.54. The van der Waals surface area contributed by atoms with Gasteiger partial charge in [-0.1, -0.05) is 12.1 Å². The Labute approximate surface area is 147 Å². The second kappa shape index (κ2) is 7.99. The Hall–Kier alpha value is -2.90. The molecule has 0 aromatic heterocycles. The van der Waals surface area contributed by atoms with Gasteiger partial charge in [-0.15, -0.1) is 0 Å². The van der Waals surface area contributed by atoms with Crippen LogP contribution in [0.5, 0.6) is 0 Å². The minimum Gasteiger partial charge on any atom is -0.324 e. The van der Waals surface area contributed by atoms with Gasteiger partial charge in [-0.3, -0.25) is 9.59 Å². The van der Waals surface area contributed by atoms with E-state index in [0.29, 0.717) is 0 Å². The zero-order valence-electron chi connectivity index (χ0n) is 13.8. The SMILES string of the molecule is CC(=O)N(CCC(=O)Nc1ccccc1F)c1ccc(C(F)(F)F)cc1. The van der Waals surface area contributed by atoms with Crippen molar-refractivity contribution in [3.8, 4) is 0 Å². The van der Waals surface area contributed by atoms with E-state index in [1.807, 2.05) is 0 Å². The number of benzene rings is 2. The number of rotatable bonds is 5. The van der Waals surface area contributed by atoms with Gasteiger partial charge in [-0.05, 0) is 36.4 Å². The molecular weight excluding hydrogens is 352 g/mol. The first-order chi connectivity index (χ1) is 12.2. The summed E-state index contributed by atoms with van der Waals surface area (Å²) >= 11 is 0. The van der Waals surface area contributed by atoms with Gasteiger partial charge in [0.15, 0.2) is 0 Å². The number of carbonyl (C=O) groups excluding carboxylic acids is 2. The molecule has 0 aliphatic carbocycles. The summed E-state index contributed by atoms with van der Waals surface area (Å²) in [7, 11) is 0. The van der Waals surface area contributed by atoms with Gasteiger partial charge in [0.25, 0.3) is 0 Å². The first-order valence-corrected chi connectivity index (χ1v) is 7.68. The molecule has 2 amide bonds. The molecule has 0 saturated carbocycles. The van der Waals surface area contributed by atoms with E-state index in [4.69, 9.17) is 0 Å². The fourth-order valence-corrected chi connectivity index (χ4v) is 2.29. The molecule has 0 aliphatic rings. The molecule has 0 radical (unpaired) electrons. The summed E-state index contributed by atoms with van der Waals surface area (Å²) in [6.45, 7) is 1.19. The van der Waals surface area contributed by atoms with E-state index in [1.165, 1.54) is 42.2 Å². The smallest absolute Gasteiger partial charge is 0.324 e. The van der Waals surface area contributed by atoms with Crippen molar-refractivity contribution in [3.05, 3.63) is 59.9 Å². The maximum Gasteiger partial charge on any atom is 0.416 e. The number of para-hydroxylation sites is 1. The van der Waals surface area contributed by atoms with Crippen molar-refractivity contribution in [2.75, 3.05) is 16.8 Å². The fourth-order valence-electron chi connectivity index (χ4n) is 2.29. The van der Waals surface area contributed by atoms with Crippen molar-refractivity contribution in [3.63, 3.8) is 0 Å². The maximum atomic E-state index is 13.5. The number of hydrogen-bond acceptors (Lipinski definition) is 2. The van der Waals surface area contributed by atoms with Crippen LogP contribution < -0.4 is 10.2 Å². The monoisotopic (exact) mass is 368 g/mol. The molecule has 4 nitrogen and oxygen atoms in total. The molecule has 26 heavy (non-hydrogen) atoms. The Kier molecular flexibility index (Phi) is 5.97. The molecule has 138 valence electrons. The van der Waals surface area contributed by atoms with Gasteiger partial charge in [0.1, 0.15) is 5.82 Å². The lowest BCUT2D eigenvalue weighted by Gasteiger charge is -2.21. The van der Waals surface area contributed by atoms with Gasteiger partial charge in [-0.25, -0.2) is 4.39 Å². The van der Waals surface area contributed by atoms with Crippen molar-refractivity contribution >= 4 is 23.2 Å². The number of alkyl halides is 3. The Bertz CT molecular complexity index is 789. The normalized spacial score (nSPS) is 11.1. The summed E-state index contributed by atoms with van der Waals surface area (Å²) < 4.78 is 51.3. The van der Waals surface area contributed by atoms with Crippen molar-refractivity contribution in [1.29, 1.82) is 0 Å². The predicted octanol–water partition coefficient (Wildman–Crippen LogP) is 4.23. The molecule has 0 saturated heterocycles. The zero-order chi connectivity index (χ0) is 19.3. The van der Waals surface area contributed by atoms with Crippen LogP contribution in [0.3, 0.4) is 0 Å². The van der Waals surface area contributed by atoms with E-state index in [9.17, 15) is 27.2 Å². The van der Waals surface area contributed by atoms with E-state index < -0.39 is 29.4 Å². The molecule has 0 atom stereocenters. The summed E-state index contributed by atoms with van der Waals surface area (Å²) in [6, 6.07) is 9.69. The van der Waals surface area contributed by atoms with Crippen LogP contribution in [-0.4, -0.2) is 18.4 Å². The average molecular weight is 368 g/mol. The molecule has 0 fully saturated rings. The number of amides is 2. The molecule has 0 unspecified atom stereocenters. The van der Waals surface area contributed by atoms with Gasteiger partial charge in [0.2, 0.25) is 11.8 Å². The van der Waals surface area contributed by atoms with E-state index in [1.54, 1.807) is 6.07 Å². The standard InChI is InChI=1S/C18H16F4N2O2/c1-12(25)24(14-8-6-13(7-9-14)18(20,21)22)11-10-17(26)23-16-5-3-2-4-15(16)19/h2-9H,10-11H2,1H3,(H,23,26). The fraction of sp³-hybridized carbons (Fsp3) is 0.222. The molecule has 1 N–H and O–H groups in total. The first kappa shape index (κ1) is 19.4. The topological polar surface area (TPSA) is 49.4 Å². The lowest BCUT2D eigenvalue weighted by Crippen LogP contribution is -2.32. The van der Waals surface area contributed by atoms with Crippen LogP contribution in [0.2, 0.25) is 0 Å². The lowest BCUT2D eigenvalue weighted by atomic mass is 10.2. The van der Waals surface area contributed by atoms with Gasteiger partial charge in [0, 0.05) is 25.6 Å². The number of carbonyl (C=O) groups is 2. The van der Waals surface area contributed by atoms with E-state index in [0.717, 1.165) is 12.1 Å². The Morgan fingerprint density at radius 3 is 2.19 bits per heavy atom. The Morgan fingerprint density at radius 2 is 1.65 bits per heavy atom. The molecule has 0 spiro atoms. The zero-order valence-corrected chi connectivity index (χ0v) is 13.8. The molecule has 8 heteroatoms. The van der Waals surface area contributed by atoms with Crippen molar-refractivity contribution in [2.24, 2.45) is 0 Å². The second-order valence-corrected chi connectivity index (χ2v) is 5.49. The number of nitrogens with one attached hydrogen (secondary N) is 1. The Balaban J connectivity index is 2.03. The predicted molar refractivity (Wildman–Crippen MR) is 89.1 cm³/mol. The van der Waals surface area contributed by atoms with Crippen molar-refractivity contribution in [1.82, 2.24) is 0 Å². The van der Waals surface area contributed by atoms with Crippen LogP contribution in [0, 0.1) is 5.82 Å². The van der Waals surface area contributed by atoms with Gasteiger partial charge < -0.3 is 10.2 Å². The third kappa shape index (κ3) is 5.05. The molecule has 2 aromatic carbocycles. The molecule has 0 aliphatic heterocycles.